The summed E-state index contributed by atoms with van der Waals surface area (Å²) in [5.41, 5.74) is 1.57. The van der Waals surface area contributed by atoms with Gasteiger partial charge in [-0.15, -0.1) is 0 Å². The molecule has 0 saturated carbocycles. The second-order valence-electron chi connectivity index (χ2n) is 12.4. The first-order valence-corrected chi connectivity index (χ1v) is 16.2. The number of ether oxygens (including phenoxy) is 3. The van der Waals surface area contributed by atoms with Crippen LogP contribution in [0.2, 0.25) is 0 Å². The Morgan fingerprint density at radius 1 is 0.904 bits per heavy atom. The van der Waals surface area contributed by atoms with Crippen LogP contribution in [0.25, 0.3) is 0 Å². The number of ketones is 2. The average Bonchev–Trinajstić information content (AvgIpc) is 3.57. The number of amidine groups is 1. The third-order valence-electron chi connectivity index (χ3n) is 9.22. The average molecular weight is 716 g/mol. The molecule has 0 radical (unpaired) electrons. The number of aliphatic imine (C=N–C) groups is 3. The van der Waals surface area contributed by atoms with Crippen molar-refractivity contribution < 1.29 is 64.4 Å². The summed E-state index contributed by atoms with van der Waals surface area (Å²) in [5.74, 6) is -2.66. The predicted octanol–water partition coefficient (Wildman–Crippen LogP) is -2.87. The minimum Gasteiger partial charge on any atom is -0.857 e. The molecule has 52 heavy (non-hydrogen) atoms. The Kier molecular flexibility index (Phi) is 9.51. The van der Waals surface area contributed by atoms with Gasteiger partial charge in [-0.2, -0.15) is 4.99 Å². The van der Waals surface area contributed by atoms with E-state index in [4.69, 9.17) is 19.6 Å². The van der Waals surface area contributed by atoms with Crippen molar-refractivity contribution in [3.8, 4) is 11.5 Å². The molecule has 7 rings (SSSR count). The molecular weight excluding hydrogens is 682 g/mol. The fraction of sp³-hybridized carbons (Fsp3) is 0.314. The van der Waals surface area contributed by atoms with Crippen LogP contribution >= 0.6 is 0 Å². The van der Waals surface area contributed by atoms with Crippen LogP contribution in [-0.4, -0.2) is 123 Å². The summed E-state index contributed by atoms with van der Waals surface area (Å²) in [6.45, 7) is -1.98. The van der Waals surface area contributed by atoms with Crippen LogP contribution in [-0.2, 0) is 17.8 Å². The normalized spacial score (nSPS) is 25.1. The molecule has 0 amide bonds. The van der Waals surface area contributed by atoms with Crippen molar-refractivity contribution in [1.82, 2.24) is 0 Å². The second-order valence-corrected chi connectivity index (χ2v) is 12.4. The van der Waals surface area contributed by atoms with Crippen LogP contribution in [0.1, 0.15) is 48.5 Å². The number of hydrogen-bond donors (Lipinski definition) is 8. The van der Waals surface area contributed by atoms with E-state index in [-0.39, 0.29) is 70.6 Å². The van der Waals surface area contributed by atoms with Crippen LogP contribution in [0.5, 0.6) is 11.5 Å². The fourth-order valence-corrected chi connectivity index (χ4v) is 6.69. The molecule has 270 valence electrons. The molecule has 17 nitrogen and oxygen atoms in total. The van der Waals surface area contributed by atoms with E-state index in [1.807, 2.05) is 0 Å². The first-order chi connectivity index (χ1) is 25.1. The molecule has 3 heterocycles. The monoisotopic (exact) mass is 715 g/mol. The summed E-state index contributed by atoms with van der Waals surface area (Å²) in [7, 11) is 0. The number of aliphatic hydroxyl groups excluding tert-OH is 6. The second kappa shape index (κ2) is 14.1. The van der Waals surface area contributed by atoms with E-state index in [2.05, 4.69) is 15.0 Å². The first-order valence-electron chi connectivity index (χ1n) is 16.2. The zero-order valence-corrected chi connectivity index (χ0v) is 27.2. The van der Waals surface area contributed by atoms with Gasteiger partial charge in [0.1, 0.15) is 36.7 Å². The summed E-state index contributed by atoms with van der Waals surface area (Å²) in [5, 5.41) is 81.7. The number of hydrogen-bond acceptors (Lipinski definition) is 14. The number of nitrogens with zero attached hydrogens (tertiary/aromatic N) is 3. The lowest BCUT2D eigenvalue weighted by Gasteiger charge is -2.40. The van der Waals surface area contributed by atoms with Crippen molar-refractivity contribution in [2.45, 2.75) is 43.7 Å². The third-order valence-corrected chi connectivity index (χ3v) is 9.22. The van der Waals surface area contributed by atoms with Crippen LogP contribution in [0.4, 0.5) is 5.69 Å². The Morgan fingerprint density at radius 2 is 1.69 bits per heavy atom. The maximum atomic E-state index is 14.2. The van der Waals surface area contributed by atoms with E-state index in [1.54, 1.807) is 24.3 Å². The summed E-state index contributed by atoms with van der Waals surface area (Å²) in [6.07, 6.45) is -8.52. The minimum absolute atomic E-state index is 0.0108. The number of rotatable bonds is 10. The smallest absolute Gasteiger partial charge is 0.262 e. The highest BCUT2D eigenvalue weighted by atomic mass is 16.7. The molecular formula is C35H33N5O12. The number of aliphatic hydroxyl groups is 6. The molecule has 6 atom stereocenters. The van der Waals surface area contributed by atoms with E-state index >= 15 is 0 Å². The number of fused-ring (bicyclic) bond motifs is 3. The van der Waals surface area contributed by atoms with Crippen LogP contribution < -0.4 is 19.5 Å². The Balaban J connectivity index is 1.39. The number of para-hydroxylation sites is 1. The number of guanidine groups is 1. The lowest BCUT2D eigenvalue weighted by Crippen LogP contribution is -3.09. The Hall–Kier alpha value is -5.24. The summed E-state index contributed by atoms with van der Waals surface area (Å²) in [4.78, 5) is 40.8. The number of quaternary nitrogens is 1. The molecule has 1 saturated heterocycles. The van der Waals surface area contributed by atoms with Gasteiger partial charge < -0.3 is 50.0 Å². The molecule has 0 bridgehead atoms. The SMILES string of the molecule is N=C1N=C([O-])C2=NC[NH+](c3ccccc3Cc3cc4c(c(OCCO)c3OC3OC(CO)C(O)C(O)C3O)C(=O)c3cc(CO)ccc3C4=O)C2=N1. The lowest BCUT2D eigenvalue weighted by molar-refractivity contribution is -0.723. The standard InChI is InChI=1S/C35H33N5O12/c36-35-38-32-24(33(49)39-35)37-14-40(32)21-4-2-1-3-16(21)10-17-11-20-23(26(45)19-9-15(12-42)5-6-18(19)25(20)44)31(50-8-7-41)30(17)52-34-29(48)28(47)27(46)22(13-43)51-34/h1-6,9,11,22,27-29,34,41-43,46-48H,7-8,10,12-14H2,(H2,36,39,49). The van der Waals surface area contributed by atoms with Crippen molar-refractivity contribution in [3.63, 3.8) is 0 Å². The quantitative estimate of drug-likeness (QED) is 0.0823. The topological polar surface area (TPSA) is 272 Å². The van der Waals surface area contributed by atoms with Gasteiger partial charge in [0.05, 0.1) is 25.4 Å². The van der Waals surface area contributed by atoms with E-state index in [1.165, 1.54) is 24.3 Å². The number of benzene rings is 3. The van der Waals surface area contributed by atoms with Gasteiger partial charge in [0.2, 0.25) is 12.2 Å². The van der Waals surface area contributed by atoms with Gasteiger partial charge >= 0.3 is 0 Å². The summed E-state index contributed by atoms with van der Waals surface area (Å²) >= 11 is 0. The molecule has 1 aliphatic carbocycles. The molecule has 3 aliphatic heterocycles. The molecule has 0 spiro atoms. The Morgan fingerprint density at radius 3 is 2.44 bits per heavy atom. The van der Waals surface area contributed by atoms with Crippen molar-refractivity contribution in [3.05, 3.63) is 87.5 Å². The zero-order chi connectivity index (χ0) is 36.8. The number of carbonyl (C=O) groups is 2. The van der Waals surface area contributed by atoms with Gasteiger partial charge in [-0.25, -0.2) is 14.9 Å². The molecule has 17 heteroatoms. The highest BCUT2D eigenvalue weighted by molar-refractivity contribution is 6.66. The van der Waals surface area contributed by atoms with E-state index < -0.39 is 74.0 Å². The molecule has 4 aliphatic rings. The van der Waals surface area contributed by atoms with Gasteiger partial charge in [-0.05, 0) is 29.8 Å². The zero-order valence-electron chi connectivity index (χ0n) is 27.2. The van der Waals surface area contributed by atoms with Crippen LogP contribution in [0.15, 0.2) is 63.5 Å². The van der Waals surface area contributed by atoms with Crippen molar-refractivity contribution >= 4 is 40.7 Å². The van der Waals surface area contributed by atoms with Crippen LogP contribution in [0.3, 0.4) is 0 Å². The summed E-state index contributed by atoms with van der Waals surface area (Å²) < 4.78 is 17.8. The fourth-order valence-electron chi connectivity index (χ4n) is 6.69. The van der Waals surface area contributed by atoms with Gasteiger partial charge in [-0.1, -0.05) is 24.3 Å². The van der Waals surface area contributed by atoms with Gasteiger partial charge in [0, 0.05) is 40.1 Å². The largest absolute Gasteiger partial charge is 0.857 e. The van der Waals surface area contributed by atoms with Crippen molar-refractivity contribution in [1.29, 1.82) is 5.41 Å². The number of nitrogens with one attached hydrogen (secondary N) is 2. The maximum absolute atomic E-state index is 14.2. The summed E-state index contributed by atoms with van der Waals surface area (Å²) in [6, 6.07) is 12.8. The highest BCUT2D eigenvalue weighted by Crippen LogP contribution is 2.45. The minimum atomic E-state index is -1.86. The Labute approximate surface area is 294 Å². The molecule has 1 fully saturated rings. The predicted molar refractivity (Wildman–Crippen MR) is 177 cm³/mol. The van der Waals surface area contributed by atoms with Gasteiger partial charge in [0.25, 0.3) is 5.84 Å². The van der Waals surface area contributed by atoms with Gasteiger partial charge in [0.15, 0.2) is 35.4 Å². The van der Waals surface area contributed by atoms with E-state index in [0.717, 1.165) is 0 Å². The van der Waals surface area contributed by atoms with E-state index in [0.29, 0.717) is 21.7 Å². The van der Waals surface area contributed by atoms with Crippen molar-refractivity contribution in [2.24, 2.45) is 15.0 Å². The third kappa shape index (κ3) is 5.98. The van der Waals surface area contributed by atoms with Crippen molar-refractivity contribution in [2.75, 3.05) is 26.5 Å². The number of carbonyl (C=O) groups excluding carboxylic acids is 2. The van der Waals surface area contributed by atoms with Crippen LogP contribution in [0, 0.1) is 5.41 Å². The van der Waals surface area contributed by atoms with E-state index in [9.17, 15) is 45.3 Å². The molecule has 8 N–H and O–H groups in total. The maximum Gasteiger partial charge on any atom is 0.262 e. The van der Waals surface area contributed by atoms with Gasteiger partial charge in [-0.3, -0.25) is 15.0 Å². The highest BCUT2D eigenvalue weighted by Gasteiger charge is 2.46. The molecule has 0 aromatic heterocycles. The molecule has 6 unspecified atom stereocenters. The first kappa shape index (κ1) is 35.2. The lowest BCUT2D eigenvalue weighted by atomic mass is 9.81. The Bertz CT molecular complexity index is 2080. The molecule has 3 aromatic rings. The molecule has 3 aromatic carbocycles.